The fourth-order valence-electron chi connectivity index (χ4n) is 1.97. The fourth-order valence-corrected chi connectivity index (χ4v) is 1.97. The van der Waals surface area contributed by atoms with Gasteiger partial charge in [0, 0.05) is 18.4 Å². The topological polar surface area (TPSA) is 43.4 Å². The van der Waals surface area contributed by atoms with E-state index in [4.69, 9.17) is 4.74 Å². The van der Waals surface area contributed by atoms with Crippen LogP contribution in [0.15, 0.2) is 24.3 Å². The zero-order chi connectivity index (χ0) is 15.0. The number of carbonyl (C=O) groups is 2. The average molecular weight is 276 g/mol. The van der Waals surface area contributed by atoms with E-state index in [1.165, 1.54) is 0 Å². The number of hydrogen-bond acceptors (Lipinski definition) is 3. The molecule has 1 aromatic carbocycles. The van der Waals surface area contributed by atoms with E-state index in [9.17, 15) is 9.59 Å². The van der Waals surface area contributed by atoms with Crippen LogP contribution in [0.1, 0.15) is 63.2 Å². The van der Waals surface area contributed by atoms with Crippen molar-refractivity contribution in [2.45, 2.75) is 59.0 Å². The summed E-state index contributed by atoms with van der Waals surface area (Å²) >= 11 is 0. The van der Waals surface area contributed by atoms with Crippen molar-refractivity contribution in [2.24, 2.45) is 0 Å². The Morgan fingerprint density at radius 1 is 1.00 bits per heavy atom. The van der Waals surface area contributed by atoms with Crippen molar-refractivity contribution in [2.75, 3.05) is 0 Å². The molecule has 0 aliphatic rings. The van der Waals surface area contributed by atoms with Crippen molar-refractivity contribution in [1.29, 1.82) is 0 Å². The molecule has 0 bridgehead atoms. The molecule has 0 aliphatic carbocycles. The zero-order valence-corrected chi connectivity index (χ0v) is 12.6. The molecule has 0 N–H and O–H groups in total. The van der Waals surface area contributed by atoms with Crippen LogP contribution in [-0.4, -0.2) is 17.7 Å². The lowest BCUT2D eigenvalue weighted by molar-refractivity contribution is -0.117. The van der Waals surface area contributed by atoms with Crippen LogP contribution in [-0.2, 0) is 4.79 Å². The molecule has 0 saturated heterocycles. The highest BCUT2D eigenvalue weighted by molar-refractivity contribution is 5.96. The molecule has 0 atom stereocenters. The van der Waals surface area contributed by atoms with Gasteiger partial charge in [0.25, 0.3) is 0 Å². The van der Waals surface area contributed by atoms with E-state index >= 15 is 0 Å². The monoisotopic (exact) mass is 276 g/mol. The Morgan fingerprint density at radius 3 is 2.15 bits per heavy atom. The molecule has 0 fully saturated rings. The lowest BCUT2D eigenvalue weighted by Crippen LogP contribution is -2.06. The van der Waals surface area contributed by atoms with E-state index in [0.717, 1.165) is 30.6 Å². The number of rotatable bonds is 9. The van der Waals surface area contributed by atoms with Crippen molar-refractivity contribution >= 4 is 11.6 Å². The van der Waals surface area contributed by atoms with Gasteiger partial charge in [-0.15, -0.1) is 0 Å². The van der Waals surface area contributed by atoms with Crippen molar-refractivity contribution in [3.05, 3.63) is 29.8 Å². The van der Waals surface area contributed by atoms with Crippen LogP contribution in [0, 0.1) is 0 Å². The second kappa shape index (κ2) is 8.51. The van der Waals surface area contributed by atoms with Gasteiger partial charge in [0.15, 0.2) is 5.78 Å². The molecule has 0 heterocycles. The zero-order valence-electron chi connectivity index (χ0n) is 12.6. The molecule has 20 heavy (non-hydrogen) atoms. The normalized spacial score (nSPS) is 10.6. The number of Topliss-reactive ketones (excluding diaryl/α,β-unsaturated/α-hetero) is 2. The fraction of sp³-hybridized carbons (Fsp3) is 0.529. The van der Waals surface area contributed by atoms with Gasteiger partial charge in [0.05, 0.1) is 6.10 Å². The van der Waals surface area contributed by atoms with Gasteiger partial charge in [-0.1, -0.05) is 6.42 Å². The van der Waals surface area contributed by atoms with E-state index in [0.29, 0.717) is 12.8 Å². The first-order valence-corrected chi connectivity index (χ1v) is 7.28. The molecule has 0 unspecified atom stereocenters. The van der Waals surface area contributed by atoms with Gasteiger partial charge in [-0.05, 0) is 57.9 Å². The van der Waals surface area contributed by atoms with Crippen molar-refractivity contribution in [3.8, 4) is 5.75 Å². The summed E-state index contributed by atoms with van der Waals surface area (Å²) in [6.07, 6.45) is 3.95. The molecule has 1 aromatic rings. The van der Waals surface area contributed by atoms with E-state index < -0.39 is 0 Å². The van der Waals surface area contributed by atoms with E-state index in [-0.39, 0.29) is 17.7 Å². The Kier molecular flexibility index (Phi) is 6.99. The quantitative estimate of drug-likeness (QED) is 0.501. The van der Waals surface area contributed by atoms with Crippen LogP contribution in [0.2, 0.25) is 0 Å². The summed E-state index contributed by atoms with van der Waals surface area (Å²) in [7, 11) is 0. The van der Waals surface area contributed by atoms with Crippen LogP contribution in [0.25, 0.3) is 0 Å². The summed E-state index contributed by atoms with van der Waals surface area (Å²) in [5, 5.41) is 0. The number of unbranched alkanes of at least 4 members (excludes halogenated alkanes) is 2. The Balaban J connectivity index is 2.34. The Hall–Kier alpha value is -1.64. The maximum absolute atomic E-state index is 12.0. The van der Waals surface area contributed by atoms with Crippen LogP contribution < -0.4 is 4.74 Å². The molecule has 0 amide bonds. The summed E-state index contributed by atoms with van der Waals surface area (Å²) < 4.78 is 5.54. The highest BCUT2D eigenvalue weighted by Gasteiger charge is 2.06. The minimum atomic E-state index is 0.137. The maximum Gasteiger partial charge on any atom is 0.162 e. The van der Waals surface area contributed by atoms with Crippen LogP contribution in [0.5, 0.6) is 5.75 Å². The molecule has 0 aromatic heterocycles. The van der Waals surface area contributed by atoms with Crippen molar-refractivity contribution in [1.82, 2.24) is 0 Å². The molecule has 0 spiro atoms. The third-order valence-electron chi connectivity index (χ3n) is 2.98. The number of ketones is 2. The van der Waals surface area contributed by atoms with Gasteiger partial charge in [-0.25, -0.2) is 0 Å². The summed E-state index contributed by atoms with van der Waals surface area (Å²) in [6, 6.07) is 7.30. The molecular weight excluding hydrogens is 252 g/mol. The third-order valence-corrected chi connectivity index (χ3v) is 2.98. The molecular formula is C17H24O3. The van der Waals surface area contributed by atoms with Gasteiger partial charge in [0.2, 0.25) is 0 Å². The molecule has 1 rings (SSSR count). The maximum atomic E-state index is 12.0. The number of benzene rings is 1. The first-order chi connectivity index (χ1) is 9.49. The largest absolute Gasteiger partial charge is 0.491 e. The second-order valence-electron chi connectivity index (χ2n) is 5.38. The number of carbonyl (C=O) groups excluding carboxylic acids is 2. The third kappa shape index (κ3) is 6.50. The molecule has 110 valence electrons. The van der Waals surface area contributed by atoms with Gasteiger partial charge in [-0.2, -0.15) is 0 Å². The van der Waals surface area contributed by atoms with Crippen LogP contribution in [0.4, 0.5) is 0 Å². The van der Waals surface area contributed by atoms with Gasteiger partial charge in [-0.3, -0.25) is 4.79 Å². The lowest BCUT2D eigenvalue weighted by Gasteiger charge is -2.09. The first kappa shape index (κ1) is 16.4. The van der Waals surface area contributed by atoms with Gasteiger partial charge >= 0.3 is 0 Å². The molecule has 3 nitrogen and oxygen atoms in total. The first-order valence-electron chi connectivity index (χ1n) is 7.28. The highest BCUT2D eigenvalue weighted by Crippen LogP contribution is 2.16. The number of hydrogen-bond donors (Lipinski definition) is 0. The summed E-state index contributed by atoms with van der Waals surface area (Å²) in [5.41, 5.74) is 0.729. The Bertz CT molecular complexity index is 432. The predicted molar refractivity (Wildman–Crippen MR) is 80.3 cm³/mol. The Morgan fingerprint density at radius 2 is 1.60 bits per heavy atom. The average Bonchev–Trinajstić information content (AvgIpc) is 2.38. The summed E-state index contributed by atoms with van der Waals surface area (Å²) in [4.78, 5) is 22.8. The smallest absolute Gasteiger partial charge is 0.162 e. The molecule has 0 saturated carbocycles. The van der Waals surface area contributed by atoms with Crippen LogP contribution >= 0.6 is 0 Å². The van der Waals surface area contributed by atoms with E-state index in [1.807, 2.05) is 38.1 Å². The van der Waals surface area contributed by atoms with Gasteiger partial charge in [0.1, 0.15) is 11.5 Å². The van der Waals surface area contributed by atoms with E-state index in [1.54, 1.807) is 6.92 Å². The lowest BCUT2D eigenvalue weighted by atomic mass is 10.0. The highest BCUT2D eigenvalue weighted by atomic mass is 16.5. The minimum Gasteiger partial charge on any atom is -0.491 e. The Labute approximate surface area is 121 Å². The predicted octanol–water partition coefficient (Wildman–Crippen LogP) is 4.20. The SMILES string of the molecule is CC(=O)CCCCCC(=O)c1ccc(OC(C)C)cc1. The van der Waals surface area contributed by atoms with Crippen molar-refractivity contribution < 1.29 is 14.3 Å². The molecule has 0 aliphatic heterocycles. The minimum absolute atomic E-state index is 0.137. The molecule has 3 heteroatoms. The van der Waals surface area contributed by atoms with Gasteiger partial charge < -0.3 is 9.53 Å². The standard InChI is InChI=1S/C17H24O3/c1-13(2)20-16-11-9-15(10-12-16)17(19)8-6-4-5-7-14(3)18/h9-13H,4-8H2,1-3H3. The molecule has 0 radical (unpaired) electrons. The second-order valence-corrected chi connectivity index (χ2v) is 5.38. The van der Waals surface area contributed by atoms with Crippen LogP contribution in [0.3, 0.4) is 0 Å². The summed E-state index contributed by atoms with van der Waals surface area (Å²) in [6.45, 7) is 5.55. The van der Waals surface area contributed by atoms with Crippen molar-refractivity contribution in [3.63, 3.8) is 0 Å². The number of ether oxygens (including phenoxy) is 1. The van der Waals surface area contributed by atoms with E-state index in [2.05, 4.69) is 0 Å². The summed E-state index contributed by atoms with van der Waals surface area (Å²) in [5.74, 6) is 1.17.